The van der Waals surface area contributed by atoms with Crippen molar-refractivity contribution in [2.75, 3.05) is 0 Å². The first kappa shape index (κ1) is 8.20. The second-order valence-electron chi connectivity index (χ2n) is 2.22. The van der Waals surface area contributed by atoms with Crippen LogP contribution in [-0.2, 0) is 7.05 Å². The van der Waals surface area contributed by atoms with E-state index in [0.29, 0.717) is 5.56 Å². The maximum absolute atomic E-state index is 10.7. The number of carbonyl (C=O) groups excluding carboxylic acids is 1. The van der Waals surface area contributed by atoms with Gasteiger partial charge in [0.05, 0.1) is 0 Å². The summed E-state index contributed by atoms with van der Waals surface area (Å²) in [5.74, 6) is -0.409. The second-order valence-corrected chi connectivity index (χ2v) is 3.03. The monoisotopic (exact) mass is 215 g/mol. The van der Waals surface area contributed by atoms with Crippen LogP contribution in [0.1, 0.15) is 10.4 Å². The lowest BCUT2D eigenvalue weighted by molar-refractivity contribution is -0.682. The molecule has 0 spiro atoms. The molecule has 1 aromatic heterocycles. The Balaban J connectivity index is 3.15. The number of hydrogen-bond donors (Lipinski definition) is 1. The first-order chi connectivity index (χ1) is 5.11. The zero-order valence-electron chi connectivity index (χ0n) is 6.04. The average Bonchev–Trinajstić information content (AvgIpc) is 1.94. The van der Waals surface area contributed by atoms with Crippen molar-refractivity contribution in [2.45, 2.75) is 0 Å². The van der Waals surface area contributed by atoms with Gasteiger partial charge in [0.25, 0.3) is 5.91 Å². The molecule has 0 bridgehead atoms. The van der Waals surface area contributed by atoms with Gasteiger partial charge in [0.2, 0.25) is 4.60 Å². The summed E-state index contributed by atoms with van der Waals surface area (Å²) in [6.07, 6.45) is 1.67. The van der Waals surface area contributed by atoms with E-state index in [2.05, 4.69) is 15.9 Å². The van der Waals surface area contributed by atoms with Crippen LogP contribution in [0, 0.1) is 0 Å². The molecule has 1 aromatic rings. The normalized spacial score (nSPS) is 9.64. The highest BCUT2D eigenvalue weighted by molar-refractivity contribution is 9.10. The van der Waals surface area contributed by atoms with E-state index in [9.17, 15) is 4.79 Å². The average molecular weight is 216 g/mol. The molecule has 1 heterocycles. The van der Waals surface area contributed by atoms with Gasteiger partial charge in [-0.2, -0.15) is 4.57 Å². The number of aromatic nitrogens is 1. The highest BCUT2D eigenvalue weighted by Gasteiger charge is 2.07. The van der Waals surface area contributed by atoms with E-state index in [4.69, 9.17) is 5.73 Å². The third-order valence-electron chi connectivity index (χ3n) is 1.35. The summed E-state index contributed by atoms with van der Waals surface area (Å²) >= 11 is 3.29. The highest BCUT2D eigenvalue weighted by atomic mass is 79.9. The molecule has 0 radical (unpaired) electrons. The number of pyridine rings is 1. The molecule has 0 saturated carbocycles. The van der Waals surface area contributed by atoms with Gasteiger partial charge in [0, 0.05) is 22.0 Å². The van der Waals surface area contributed by atoms with Crippen molar-refractivity contribution in [3.63, 3.8) is 0 Å². The van der Waals surface area contributed by atoms with Crippen LogP contribution < -0.4 is 10.3 Å². The maximum atomic E-state index is 10.7. The largest absolute Gasteiger partial charge is 0.365 e. The number of rotatable bonds is 1. The van der Waals surface area contributed by atoms with Crippen LogP contribution in [0.15, 0.2) is 22.9 Å². The molecule has 0 unspecified atom stereocenters. The molecule has 1 rings (SSSR count). The van der Waals surface area contributed by atoms with Crippen molar-refractivity contribution in [1.82, 2.24) is 0 Å². The fourth-order valence-corrected chi connectivity index (χ4v) is 0.970. The zero-order chi connectivity index (χ0) is 8.43. The summed E-state index contributed by atoms with van der Waals surface area (Å²) in [5.41, 5.74) is 5.58. The molecule has 0 fully saturated rings. The van der Waals surface area contributed by atoms with Gasteiger partial charge in [-0.05, 0) is 6.07 Å². The van der Waals surface area contributed by atoms with E-state index in [1.807, 2.05) is 7.05 Å². The summed E-state index contributed by atoms with van der Waals surface area (Å²) in [7, 11) is 1.83. The van der Waals surface area contributed by atoms with Crippen molar-refractivity contribution in [1.29, 1.82) is 0 Å². The Morgan fingerprint density at radius 3 is 2.73 bits per heavy atom. The molecule has 11 heavy (non-hydrogen) atoms. The van der Waals surface area contributed by atoms with Crippen LogP contribution in [0.25, 0.3) is 0 Å². The van der Waals surface area contributed by atoms with E-state index in [1.54, 1.807) is 22.9 Å². The number of amides is 1. The first-order valence-electron chi connectivity index (χ1n) is 3.06. The second kappa shape index (κ2) is 3.00. The minimum atomic E-state index is -0.409. The maximum Gasteiger partial charge on any atom is 0.254 e. The number of hydrogen-bond acceptors (Lipinski definition) is 1. The fraction of sp³-hybridized carbons (Fsp3) is 0.143. The van der Waals surface area contributed by atoms with Crippen LogP contribution in [0.5, 0.6) is 0 Å². The number of carbonyl (C=O) groups is 1. The highest BCUT2D eigenvalue weighted by Crippen LogP contribution is 2.02. The van der Waals surface area contributed by atoms with E-state index in [-0.39, 0.29) is 0 Å². The molecular formula is C7H8BrN2O+. The number of primary amides is 1. The minimum Gasteiger partial charge on any atom is -0.365 e. The number of nitrogens with zero attached hydrogens (tertiary/aromatic N) is 1. The van der Waals surface area contributed by atoms with Gasteiger partial charge in [-0.25, -0.2) is 0 Å². The Morgan fingerprint density at radius 2 is 2.27 bits per heavy atom. The van der Waals surface area contributed by atoms with E-state index in [0.717, 1.165) is 4.60 Å². The van der Waals surface area contributed by atoms with Crippen LogP contribution in [0.3, 0.4) is 0 Å². The summed E-state index contributed by atoms with van der Waals surface area (Å²) in [6, 6.07) is 3.45. The van der Waals surface area contributed by atoms with Gasteiger partial charge in [-0.1, -0.05) is 0 Å². The van der Waals surface area contributed by atoms with Crippen molar-refractivity contribution in [2.24, 2.45) is 12.8 Å². The number of halogens is 1. The Kier molecular flexibility index (Phi) is 2.24. The molecule has 0 aromatic carbocycles. The number of aryl methyl sites for hydroxylation is 1. The van der Waals surface area contributed by atoms with Crippen LogP contribution >= 0.6 is 15.9 Å². The van der Waals surface area contributed by atoms with Gasteiger partial charge in [0.15, 0.2) is 6.20 Å². The fourth-order valence-electron chi connectivity index (χ4n) is 0.735. The van der Waals surface area contributed by atoms with E-state index in [1.165, 1.54) is 0 Å². The standard InChI is InChI=1S/C7H7BrN2O/c1-10-4-5(7(9)11)2-3-6(10)8/h2-4H,1H3,(H-,9,11)/p+1. The van der Waals surface area contributed by atoms with Crippen molar-refractivity contribution >= 4 is 21.8 Å². The van der Waals surface area contributed by atoms with Crippen molar-refractivity contribution in [3.8, 4) is 0 Å². The van der Waals surface area contributed by atoms with Crippen molar-refractivity contribution < 1.29 is 9.36 Å². The zero-order valence-corrected chi connectivity index (χ0v) is 7.63. The van der Waals surface area contributed by atoms with E-state index < -0.39 is 5.91 Å². The molecule has 0 atom stereocenters. The summed E-state index contributed by atoms with van der Waals surface area (Å²) in [6.45, 7) is 0. The van der Waals surface area contributed by atoms with Gasteiger partial charge in [-0.15, -0.1) is 0 Å². The predicted octanol–water partition coefficient (Wildman–Crippen LogP) is 0.372. The molecule has 0 aliphatic heterocycles. The molecule has 0 aliphatic rings. The van der Waals surface area contributed by atoms with Gasteiger partial charge in [0.1, 0.15) is 12.6 Å². The topological polar surface area (TPSA) is 47.0 Å². The summed E-state index contributed by atoms with van der Waals surface area (Å²) in [4.78, 5) is 10.7. The molecule has 0 saturated heterocycles. The lowest BCUT2D eigenvalue weighted by atomic mass is 10.3. The Hall–Kier alpha value is -0.900. The molecule has 4 heteroatoms. The smallest absolute Gasteiger partial charge is 0.254 e. The lowest BCUT2D eigenvalue weighted by Crippen LogP contribution is -2.31. The summed E-state index contributed by atoms with van der Waals surface area (Å²) in [5, 5.41) is 0. The minimum absolute atomic E-state index is 0.409. The Labute approximate surface area is 73.0 Å². The molecule has 1 amide bonds. The SMILES string of the molecule is C[n+]1cc(C(N)=O)ccc1Br. The Bertz CT molecular complexity index is 298. The number of nitrogens with two attached hydrogens (primary N) is 1. The van der Waals surface area contributed by atoms with Crippen LogP contribution in [-0.4, -0.2) is 5.91 Å². The lowest BCUT2D eigenvalue weighted by Gasteiger charge is -1.93. The molecule has 2 N–H and O–H groups in total. The van der Waals surface area contributed by atoms with Crippen LogP contribution in [0.2, 0.25) is 0 Å². The van der Waals surface area contributed by atoms with Crippen LogP contribution in [0.4, 0.5) is 0 Å². The summed E-state index contributed by atoms with van der Waals surface area (Å²) < 4.78 is 2.68. The molecule has 3 nitrogen and oxygen atoms in total. The van der Waals surface area contributed by atoms with Crippen molar-refractivity contribution in [3.05, 3.63) is 28.5 Å². The Morgan fingerprint density at radius 1 is 1.64 bits per heavy atom. The third kappa shape index (κ3) is 1.77. The molecule has 58 valence electrons. The molecule has 0 aliphatic carbocycles. The quantitative estimate of drug-likeness (QED) is 0.535. The predicted molar refractivity (Wildman–Crippen MR) is 43.8 cm³/mol. The third-order valence-corrected chi connectivity index (χ3v) is 2.18. The van der Waals surface area contributed by atoms with Gasteiger partial charge < -0.3 is 5.73 Å². The first-order valence-corrected chi connectivity index (χ1v) is 3.85. The van der Waals surface area contributed by atoms with Gasteiger partial charge >= 0.3 is 0 Å². The molecular weight excluding hydrogens is 208 g/mol. The van der Waals surface area contributed by atoms with Gasteiger partial charge in [-0.3, -0.25) is 4.79 Å². The van der Waals surface area contributed by atoms with E-state index >= 15 is 0 Å².